The highest BCUT2D eigenvalue weighted by Gasteiger charge is 2.17. The molecular weight excluding hydrogens is 362 g/mol. The van der Waals surface area contributed by atoms with Crippen LogP contribution in [0.3, 0.4) is 0 Å². The molecule has 0 aromatic heterocycles. The molecule has 0 saturated carbocycles. The lowest BCUT2D eigenvalue weighted by atomic mass is 10.2. The zero-order valence-corrected chi connectivity index (χ0v) is 16.3. The van der Waals surface area contributed by atoms with Crippen molar-refractivity contribution >= 4 is 27.4 Å². The first-order valence-corrected chi connectivity index (χ1v) is 10.7. The van der Waals surface area contributed by atoms with Crippen molar-refractivity contribution < 1.29 is 13.2 Å². The number of nitrogens with one attached hydrogen (secondary N) is 2. The predicted octanol–water partition coefficient (Wildman–Crippen LogP) is 4.20. The van der Waals surface area contributed by atoms with Crippen LogP contribution < -0.4 is 10.0 Å². The smallest absolute Gasteiger partial charge is 0.321 e. The van der Waals surface area contributed by atoms with Crippen LogP contribution >= 0.6 is 0 Å². The van der Waals surface area contributed by atoms with Crippen molar-refractivity contribution in [3.63, 3.8) is 0 Å². The molecule has 0 spiro atoms. The van der Waals surface area contributed by atoms with E-state index in [1.54, 1.807) is 24.3 Å². The Hall–Kier alpha value is -2.54. The van der Waals surface area contributed by atoms with Gasteiger partial charge in [-0.1, -0.05) is 30.5 Å². The lowest BCUT2D eigenvalue weighted by Crippen LogP contribution is -2.35. The number of nitrogens with zero attached hydrogens (tertiary/aromatic N) is 1. The average molecular weight is 388 g/mol. The highest BCUT2D eigenvalue weighted by Crippen LogP contribution is 2.19. The molecule has 2 N–H and O–H groups in total. The Labute approximate surface area is 160 Å². The van der Waals surface area contributed by atoms with E-state index in [-0.39, 0.29) is 10.9 Å². The van der Waals surface area contributed by atoms with Crippen molar-refractivity contribution in [1.82, 2.24) is 4.90 Å². The van der Waals surface area contributed by atoms with E-state index in [1.807, 2.05) is 24.0 Å². The van der Waals surface area contributed by atoms with E-state index >= 15 is 0 Å². The van der Waals surface area contributed by atoms with Gasteiger partial charge in [-0.05, 0) is 56.2 Å². The highest BCUT2D eigenvalue weighted by molar-refractivity contribution is 7.92. The number of rotatable bonds is 4. The lowest BCUT2D eigenvalue weighted by molar-refractivity contribution is 0.214. The minimum Gasteiger partial charge on any atom is -0.325 e. The number of hydrogen-bond donors (Lipinski definition) is 2. The molecule has 0 bridgehead atoms. The van der Waals surface area contributed by atoms with Crippen LogP contribution in [0, 0.1) is 6.92 Å². The summed E-state index contributed by atoms with van der Waals surface area (Å²) in [5.74, 6) is 0. The molecule has 0 radical (unpaired) electrons. The van der Waals surface area contributed by atoms with Gasteiger partial charge in [0.15, 0.2) is 0 Å². The Morgan fingerprint density at radius 2 is 1.41 bits per heavy atom. The number of carbonyl (C=O) groups excluding carboxylic acids is 1. The Balaban J connectivity index is 1.65. The normalized spacial score (nSPS) is 15.1. The van der Waals surface area contributed by atoms with Gasteiger partial charge in [-0.2, -0.15) is 0 Å². The van der Waals surface area contributed by atoms with E-state index in [9.17, 15) is 13.2 Å². The summed E-state index contributed by atoms with van der Waals surface area (Å²) in [6.45, 7) is 3.47. The van der Waals surface area contributed by atoms with Crippen molar-refractivity contribution in [2.45, 2.75) is 37.5 Å². The first kappa shape index (κ1) is 19.2. The van der Waals surface area contributed by atoms with Gasteiger partial charge < -0.3 is 10.2 Å². The Bertz CT molecular complexity index is 870. The second kappa shape index (κ2) is 8.43. The molecule has 2 aromatic rings. The fraction of sp³-hybridized carbons (Fsp3) is 0.350. The maximum Gasteiger partial charge on any atom is 0.321 e. The largest absolute Gasteiger partial charge is 0.325 e. The molecule has 1 fully saturated rings. The SMILES string of the molecule is Cc1ccc(NS(=O)(=O)c2ccc(NC(=O)N3CCCCCC3)cc2)cc1. The summed E-state index contributed by atoms with van der Waals surface area (Å²) in [4.78, 5) is 14.3. The third-order valence-electron chi connectivity index (χ3n) is 4.61. The fourth-order valence-corrected chi connectivity index (χ4v) is 4.09. The molecule has 27 heavy (non-hydrogen) atoms. The van der Waals surface area contributed by atoms with E-state index in [1.165, 1.54) is 12.1 Å². The van der Waals surface area contributed by atoms with Crippen LogP contribution in [-0.4, -0.2) is 32.4 Å². The Kier molecular flexibility index (Phi) is 6.01. The molecule has 3 rings (SSSR count). The number of benzene rings is 2. The van der Waals surface area contributed by atoms with Gasteiger partial charge in [0.2, 0.25) is 0 Å². The summed E-state index contributed by atoms with van der Waals surface area (Å²) in [7, 11) is -3.67. The minimum absolute atomic E-state index is 0.134. The van der Waals surface area contributed by atoms with Gasteiger partial charge in [-0.3, -0.25) is 4.72 Å². The van der Waals surface area contributed by atoms with E-state index in [2.05, 4.69) is 10.0 Å². The number of amides is 2. The van der Waals surface area contributed by atoms with Gasteiger partial charge in [0.1, 0.15) is 0 Å². The molecule has 0 unspecified atom stereocenters. The second-order valence-electron chi connectivity index (χ2n) is 6.83. The number of aryl methyl sites for hydroxylation is 1. The van der Waals surface area contributed by atoms with Crippen LogP contribution in [0.1, 0.15) is 31.2 Å². The predicted molar refractivity (Wildman–Crippen MR) is 107 cm³/mol. The first-order chi connectivity index (χ1) is 12.9. The molecule has 2 amide bonds. The molecule has 144 valence electrons. The maximum atomic E-state index is 12.5. The number of anilines is 2. The van der Waals surface area contributed by atoms with Crippen LogP contribution in [0.25, 0.3) is 0 Å². The van der Waals surface area contributed by atoms with E-state index < -0.39 is 10.0 Å². The van der Waals surface area contributed by atoms with Crippen LogP contribution in [0.5, 0.6) is 0 Å². The number of carbonyl (C=O) groups is 1. The van der Waals surface area contributed by atoms with Crippen LogP contribution in [0.2, 0.25) is 0 Å². The third-order valence-corrected chi connectivity index (χ3v) is 6.01. The molecule has 1 saturated heterocycles. The molecule has 0 atom stereocenters. The number of hydrogen-bond acceptors (Lipinski definition) is 3. The monoisotopic (exact) mass is 387 g/mol. The molecule has 7 heteroatoms. The average Bonchev–Trinajstić information content (AvgIpc) is 2.93. The molecule has 2 aromatic carbocycles. The molecule has 6 nitrogen and oxygen atoms in total. The summed E-state index contributed by atoms with van der Waals surface area (Å²) < 4.78 is 27.6. The summed E-state index contributed by atoms with van der Waals surface area (Å²) in [5.41, 5.74) is 2.15. The van der Waals surface area contributed by atoms with E-state index in [0.29, 0.717) is 11.4 Å². The van der Waals surface area contributed by atoms with Gasteiger partial charge in [0, 0.05) is 24.5 Å². The highest BCUT2D eigenvalue weighted by atomic mass is 32.2. The third kappa shape index (κ3) is 5.23. The van der Waals surface area contributed by atoms with Gasteiger partial charge in [0.25, 0.3) is 10.0 Å². The second-order valence-corrected chi connectivity index (χ2v) is 8.51. The minimum atomic E-state index is -3.67. The Morgan fingerprint density at radius 1 is 0.852 bits per heavy atom. The summed E-state index contributed by atoms with van der Waals surface area (Å²) in [6, 6.07) is 13.2. The standard InChI is InChI=1S/C20H25N3O3S/c1-16-6-8-18(9-7-16)22-27(25,26)19-12-10-17(11-13-19)21-20(24)23-14-4-2-3-5-15-23/h6-13,22H,2-5,14-15H2,1H3,(H,21,24). The van der Waals surface area contributed by atoms with Crippen LogP contribution in [0.15, 0.2) is 53.4 Å². The van der Waals surface area contributed by atoms with Crippen LogP contribution in [-0.2, 0) is 10.0 Å². The molecule has 1 heterocycles. The first-order valence-electron chi connectivity index (χ1n) is 9.19. The van der Waals surface area contributed by atoms with E-state index in [4.69, 9.17) is 0 Å². The van der Waals surface area contributed by atoms with E-state index in [0.717, 1.165) is 44.3 Å². The molecule has 1 aliphatic heterocycles. The van der Waals surface area contributed by atoms with Gasteiger partial charge in [0.05, 0.1) is 4.90 Å². The maximum absolute atomic E-state index is 12.5. The summed E-state index contributed by atoms with van der Waals surface area (Å²) in [5, 5.41) is 2.85. The molecular formula is C20H25N3O3S. The molecule has 1 aliphatic rings. The topological polar surface area (TPSA) is 78.5 Å². The number of sulfonamides is 1. The van der Waals surface area contributed by atoms with Crippen molar-refractivity contribution in [2.75, 3.05) is 23.1 Å². The van der Waals surface area contributed by atoms with Crippen molar-refractivity contribution in [1.29, 1.82) is 0 Å². The quantitative estimate of drug-likeness (QED) is 0.825. The zero-order chi connectivity index (χ0) is 19.3. The lowest BCUT2D eigenvalue weighted by Gasteiger charge is -2.20. The number of urea groups is 1. The molecule has 0 aliphatic carbocycles. The summed E-state index contributed by atoms with van der Waals surface area (Å²) in [6.07, 6.45) is 4.36. The van der Waals surface area contributed by atoms with Gasteiger partial charge >= 0.3 is 6.03 Å². The number of likely N-dealkylation sites (tertiary alicyclic amines) is 1. The zero-order valence-electron chi connectivity index (χ0n) is 15.4. The van der Waals surface area contributed by atoms with Gasteiger partial charge in [-0.25, -0.2) is 13.2 Å². The van der Waals surface area contributed by atoms with Crippen molar-refractivity contribution in [3.8, 4) is 0 Å². The van der Waals surface area contributed by atoms with Gasteiger partial charge in [-0.15, -0.1) is 0 Å². The fourth-order valence-electron chi connectivity index (χ4n) is 3.03. The Morgan fingerprint density at radius 3 is 2.00 bits per heavy atom. The van der Waals surface area contributed by atoms with Crippen LogP contribution in [0.4, 0.5) is 16.2 Å². The summed E-state index contributed by atoms with van der Waals surface area (Å²) >= 11 is 0. The van der Waals surface area contributed by atoms with Crippen molar-refractivity contribution in [3.05, 3.63) is 54.1 Å². The van der Waals surface area contributed by atoms with Crippen molar-refractivity contribution in [2.24, 2.45) is 0 Å².